The number of amides is 1. The summed E-state index contributed by atoms with van der Waals surface area (Å²) in [6.07, 6.45) is 3.42. The summed E-state index contributed by atoms with van der Waals surface area (Å²) >= 11 is 6.09. The monoisotopic (exact) mass is 334 g/mol. The third-order valence-electron chi connectivity index (χ3n) is 3.64. The van der Waals surface area contributed by atoms with Crippen molar-refractivity contribution in [3.8, 4) is 17.6 Å². The molecule has 1 saturated heterocycles. The molecule has 1 atom stereocenters. The fourth-order valence-electron chi connectivity index (χ4n) is 2.49. The number of hydrogen-bond acceptors (Lipinski definition) is 5. The highest BCUT2D eigenvalue weighted by Gasteiger charge is 2.20. The van der Waals surface area contributed by atoms with E-state index < -0.39 is 5.91 Å². The van der Waals surface area contributed by atoms with E-state index in [2.05, 4.69) is 5.32 Å². The maximum atomic E-state index is 12.1. The Labute approximate surface area is 138 Å². The van der Waals surface area contributed by atoms with Gasteiger partial charge in [0.15, 0.2) is 11.5 Å². The fourth-order valence-corrected chi connectivity index (χ4v) is 2.77. The Morgan fingerprint density at radius 2 is 2.35 bits per heavy atom. The molecule has 0 bridgehead atoms. The molecule has 3 rings (SSSR count). The summed E-state index contributed by atoms with van der Waals surface area (Å²) in [7, 11) is 0. The van der Waals surface area contributed by atoms with Crippen LogP contribution in [0, 0.1) is 11.3 Å². The normalized spacial score (nSPS) is 19.5. The van der Waals surface area contributed by atoms with Gasteiger partial charge in [0.1, 0.15) is 11.6 Å². The van der Waals surface area contributed by atoms with Crippen LogP contribution < -0.4 is 14.8 Å². The van der Waals surface area contributed by atoms with E-state index in [9.17, 15) is 10.1 Å². The van der Waals surface area contributed by atoms with Gasteiger partial charge in [0.05, 0.1) is 11.1 Å². The molecule has 2 aliphatic heterocycles. The molecular formula is C16H15ClN2O4. The van der Waals surface area contributed by atoms with Gasteiger partial charge in [-0.1, -0.05) is 11.6 Å². The molecule has 1 N–H and O–H groups in total. The number of ether oxygens (including phenoxy) is 3. The molecule has 0 radical (unpaired) electrons. The molecule has 7 heteroatoms. The fraction of sp³-hybridized carbons (Fsp3) is 0.375. The first-order valence-electron chi connectivity index (χ1n) is 7.28. The van der Waals surface area contributed by atoms with E-state index >= 15 is 0 Å². The minimum absolute atomic E-state index is 0.00192. The summed E-state index contributed by atoms with van der Waals surface area (Å²) in [6, 6.07) is 5.21. The van der Waals surface area contributed by atoms with Gasteiger partial charge >= 0.3 is 0 Å². The largest absolute Gasteiger partial charge is 0.454 e. The van der Waals surface area contributed by atoms with E-state index in [1.165, 1.54) is 6.08 Å². The quantitative estimate of drug-likeness (QED) is 0.675. The summed E-state index contributed by atoms with van der Waals surface area (Å²) in [4.78, 5) is 12.1. The Morgan fingerprint density at radius 3 is 3.09 bits per heavy atom. The molecule has 0 unspecified atom stereocenters. The minimum atomic E-state index is -0.434. The summed E-state index contributed by atoms with van der Waals surface area (Å²) in [5.74, 6) is 0.544. The van der Waals surface area contributed by atoms with Crippen molar-refractivity contribution < 1.29 is 19.0 Å². The second-order valence-electron chi connectivity index (χ2n) is 5.25. The van der Waals surface area contributed by atoms with Crippen LogP contribution in [0.1, 0.15) is 18.4 Å². The van der Waals surface area contributed by atoms with Crippen molar-refractivity contribution in [2.45, 2.75) is 18.9 Å². The van der Waals surface area contributed by atoms with Crippen LogP contribution in [0.15, 0.2) is 17.7 Å². The first-order chi connectivity index (χ1) is 11.2. The van der Waals surface area contributed by atoms with Crippen molar-refractivity contribution in [1.82, 2.24) is 5.32 Å². The molecule has 0 aromatic heterocycles. The van der Waals surface area contributed by atoms with Gasteiger partial charge in [-0.05, 0) is 36.6 Å². The Kier molecular flexibility index (Phi) is 4.70. The number of rotatable bonds is 4. The highest BCUT2D eigenvalue weighted by Crippen LogP contribution is 2.40. The molecule has 0 aliphatic carbocycles. The predicted molar refractivity (Wildman–Crippen MR) is 83.1 cm³/mol. The Morgan fingerprint density at radius 1 is 1.48 bits per heavy atom. The van der Waals surface area contributed by atoms with E-state index in [4.69, 9.17) is 25.8 Å². The number of carbonyl (C=O) groups is 1. The van der Waals surface area contributed by atoms with Gasteiger partial charge < -0.3 is 19.5 Å². The predicted octanol–water partition coefficient (Wildman–Crippen LogP) is 2.27. The number of benzene rings is 1. The third-order valence-corrected chi connectivity index (χ3v) is 3.92. The van der Waals surface area contributed by atoms with Crippen molar-refractivity contribution in [2.24, 2.45) is 0 Å². The lowest BCUT2D eigenvalue weighted by molar-refractivity contribution is -0.117. The van der Waals surface area contributed by atoms with Crippen LogP contribution in [-0.4, -0.2) is 32.0 Å². The number of nitrogens with zero attached hydrogens (tertiary/aromatic N) is 1. The topological polar surface area (TPSA) is 80.6 Å². The van der Waals surface area contributed by atoms with Crippen molar-refractivity contribution in [1.29, 1.82) is 5.26 Å². The van der Waals surface area contributed by atoms with Gasteiger partial charge in [0, 0.05) is 13.2 Å². The molecule has 1 amide bonds. The van der Waals surface area contributed by atoms with Gasteiger partial charge in [0.25, 0.3) is 5.91 Å². The van der Waals surface area contributed by atoms with Crippen molar-refractivity contribution >= 4 is 23.6 Å². The third kappa shape index (κ3) is 3.58. The lowest BCUT2D eigenvalue weighted by atomic mass is 10.1. The zero-order chi connectivity index (χ0) is 16.2. The SMILES string of the molecule is N#C/C(=C\c1cc(Cl)c2c(c1)OCO2)C(=O)NC[C@@H]1CCCO1. The molecule has 0 spiro atoms. The van der Waals surface area contributed by atoms with Gasteiger partial charge in [-0.3, -0.25) is 4.79 Å². The molecular weight excluding hydrogens is 320 g/mol. The van der Waals surface area contributed by atoms with Gasteiger partial charge in [-0.15, -0.1) is 0 Å². The van der Waals surface area contributed by atoms with Crippen LogP contribution in [0.2, 0.25) is 5.02 Å². The minimum Gasteiger partial charge on any atom is -0.454 e. The lowest BCUT2D eigenvalue weighted by Crippen LogP contribution is -2.32. The number of halogens is 1. The van der Waals surface area contributed by atoms with Gasteiger partial charge in [-0.25, -0.2) is 0 Å². The molecule has 120 valence electrons. The second kappa shape index (κ2) is 6.90. The molecule has 23 heavy (non-hydrogen) atoms. The number of fused-ring (bicyclic) bond motifs is 1. The van der Waals surface area contributed by atoms with Crippen LogP contribution >= 0.6 is 11.6 Å². The molecule has 1 aromatic rings. The number of hydrogen-bond donors (Lipinski definition) is 1. The average molecular weight is 335 g/mol. The molecule has 1 aromatic carbocycles. The molecule has 0 saturated carbocycles. The summed E-state index contributed by atoms with van der Waals surface area (Å²) in [6.45, 7) is 1.23. The van der Waals surface area contributed by atoms with E-state index in [-0.39, 0.29) is 18.5 Å². The van der Waals surface area contributed by atoms with Crippen LogP contribution in [0.25, 0.3) is 6.08 Å². The van der Waals surface area contributed by atoms with Crippen molar-refractivity contribution in [3.63, 3.8) is 0 Å². The molecule has 6 nitrogen and oxygen atoms in total. The Bertz CT molecular complexity index is 690. The Balaban J connectivity index is 1.72. The van der Waals surface area contributed by atoms with Gasteiger partial charge in [0.2, 0.25) is 6.79 Å². The smallest absolute Gasteiger partial charge is 0.262 e. The first-order valence-corrected chi connectivity index (χ1v) is 7.66. The van der Waals surface area contributed by atoms with Gasteiger partial charge in [-0.2, -0.15) is 5.26 Å². The number of carbonyl (C=O) groups excluding carboxylic acids is 1. The van der Waals surface area contributed by atoms with E-state index in [1.807, 2.05) is 6.07 Å². The standard InChI is InChI=1S/C16H15ClN2O4/c17-13-5-10(6-14-15(13)23-9-22-14)4-11(7-18)16(20)19-8-12-2-1-3-21-12/h4-6,12H,1-3,8-9H2,(H,19,20)/b11-4+/t12-/m0/s1. The Hall–Kier alpha value is -2.23. The van der Waals surface area contributed by atoms with E-state index in [0.29, 0.717) is 28.6 Å². The first kappa shape index (κ1) is 15.7. The highest BCUT2D eigenvalue weighted by atomic mass is 35.5. The second-order valence-corrected chi connectivity index (χ2v) is 5.66. The van der Waals surface area contributed by atoms with E-state index in [0.717, 1.165) is 19.4 Å². The summed E-state index contributed by atoms with van der Waals surface area (Å²) in [5, 5.41) is 12.3. The molecule has 2 aliphatic rings. The highest BCUT2D eigenvalue weighted by molar-refractivity contribution is 6.32. The van der Waals surface area contributed by atoms with Crippen molar-refractivity contribution in [3.05, 3.63) is 28.3 Å². The van der Waals surface area contributed by atoms with E-state index in [1.54, 1.807) is 12.1 Å². The number of nitrogens with one attached hydrogen (secondary N) is 1. The summed E-state index contributed by atoms with van der Waals surface area (Å²) in [5.41, 5.74) is 0.598. The number of nitriles is 1. The van der Waals surface area contributed by atoms with Crippen LogP contribution in [-0.2, 0) is 9.53 Å². The van der Waals surface area contributed by atoms with Crippen LogP contribution in [0.3, 0.4) is 0 Å². The lowest BCUT2D eigenvalue weighted by Gasteiger charge is -2.10. The zero-order valence-electron chi connectivity index (χ0n) is 12.3. The molecule has 1 fully saturated rings. The van der Waals surface area contributed by atoms with Crippen LogP contribution in [0.4, 0.5) is 0 Å². The maximum Gasteiger partial charge on any atom is 0.262 e. The van der Waals surface area contributed by atoms with Crippen molar-refractivity contribution in [2.75, 3.05) is 19.9 Å². The van der Waals surface area contributed by atoms with Crippen LogP contribution in [0.5, 0.6) is 11.5 Å². The average Bonchev–Trinajstić information content (AvgIpc) is 3.21. The molecule has 2 heterocycles. The maximum absolute atomic E-state index is 12.1. The summed E-state index contributed by atoms with van der Waals surface area (Å²) < 4.78 is 15.9. The zero-order valence-corrected chi connectivity index (χ0v) is 13.1.